The third kappa shape index (κ3) is 3.69. The number of thioether (sulfide) groups is 1. The molecule has 0 aliphatic rings. The first-order valence-electron chi connectivity index (χ1n) is 6.95. The van der Waals surface area contributed by atoms with Crippen LogP contribution in [-0.2, 0) is 5.75 Å². The summed E-state index contributed by atoms with van der Waals surface area (Å²) >= 11 is 3.19. The summed E-state index contributed by atoms with van der Waals surface area (Å²) < 4.78 is 7.27. The Morgan fingerprint density at radius 3 is 3.14 bits per heavy atom. The van der Waals surface area contributed by atoms with Gasteiger partial charge in [-0.05, 0) is 24.6 Å². The van der Waals surface area contributed by atoms with Crippen molar-refractivity contribution in [3.63, 3.8) is 0 Å². The van der Waals surface area contributed by atoms with Crippen molar-refractivity contribution >= 4 is 28.1 Å². The average molecular weight is 332 g/mol. The Kier molecular flexibility index (Phi) is 4.80. The molecule has 0 aliphatic carbocycles. The Morgan fingerprint density at radius 1 is 1.36 bits per heavy atom. The quantitative estimate of drug-likeness (QED) is 0.649. The molecule has 0 atom stereocenters. The standard InChI is InChI=1S/C16H16N2O2S2/c1-12-3-2-4-14(9-12)20-6-8-21-11-13-10-15(19)18-5-7-22-16(18)17-13/h2-5,7,9-10H,6,8,11H2,1H3. The normalized spacial score (nSPS) is 11.0. The fraction of sp³-hybridized carbons (Fsp3) is 0.250. The summed E-state index contributed by atoms with van der Waals surface area (Å²) in [6.07, 6.45) is 1.75. The van der Waals surface area contributed by atoms with E-state index in [0.717, 1.165) is 27.9 Å². The minimum atomic E-state index is -0.0159. The van der Waals surface area contributed by atoms with Gasteiger partial charge in [-0.1, -0.05) is 12.1 Å². The first-order valence-corrected chi connectivity index (χ1v) is 8.99. The molecule has 0 aliphatic heterocycles. The molecule has 6 heteroatoms. The molecule has 3 rings (SSSR count). The van der Waals surface area contributed by atoms with Crippen LogP contribution in [0.4, 0.5) is 0 Å². The Morgan fingerprint density at radius 2 is 2.27 bits per heavy atom. The molecule has 0 N–H and O–H groups in total. The molecular weight excluding hydrogens is 316 g/mol. The van der Waals surface area contributed by atoms with Crippen LogP contribution in [0.15, 0.2) is 46.7 Å². The topological polar surface area (TPSA) is 43.6 Å². The lowest BCUT2D eigenvalue weighted by Crippen LogP contribution is -2.12. The second-order valence-electron chi connectivity index (χ2n) is 4.86. The summed E-state index contributed by atoms with van der Waals surface area (Å²) in [5.41, 5.74) is 2.00. The highest BCUT2D eigenvalue weighted by Crippen LogP contribution is 2.15. The zero-order chi connectivity index (χ0) is 15.4. The average Bonchev–Trinajstić information content (AvgIpc) is 2.96. The van der Waals surface area contributed by atoms with Crippen LogP contribution in [-0.4, -0.2) is 21.7 Å². The van der Waals surface area contributed by atoms with Crippen molar-refractivity contribution in [3.8, 4) is 5.75 Å². The lowest BCUT2D eigenvalue weighted by molar-refractivity contribution is 0.343. The van der Waals surface area contributed by atoms with E-state index in [1.807, 2.05) is 36.6 Å². The van der Waals surface area contributed by atoms with Gasteiger partial charge in [0, 0.05) is 29.1 Å². The molecule has 0 unspecified atom stereocenters. The first-order chi connectivity index (χ1) is 10.7. The van der Waals surface area contributed by atoms with E-state index in [2.05, 4.69) is 4.98 Å². The molecule has 1 aromatic carbocycles. The van der Waals surface area contributed by atoms with E-state index < -0.39 is 0 Å². The molecule has 2 heterocycles. The zero-order valence-corrected chi connectivity index (χ0v) is 13.8. The molecule has 0 fully saturated rings. The largest absolute Gasteiger partial charge is 0.493 e. The van der Waals surface area contributed by atoms with E-state index in [9.17, 15) is 4.79 Å². The number of rotatable bonds is 6. The predicted octanol–water partition coefficient (Wildman–Crippen LogP) is 3.38. The number of hydrogen-bond donors (Lipinski definition) is 0. The van der Waals surface area contributed by atoms with Gasteiger partial charge in [-0.15, -0.1) is 11.3 Å². The minimum Gasteiger partial charge on any atom is -0.493 e. The van der Waals surface area contributed by atoms with Gasteiger partial charge in [-0.25, -0.2) is 4.98 Å². The number of aromatic nitrogens is 2. The molecule has 0 bridgehead atoms. The van der Waals surface area contributed by atoms with Crippen LogP contribution in [0.25, 0.3) is 4.96 Å². The lowest BCUT2D eigenvalue weighted by Gasteiger charge is -2.06. The molecule has 3 aromatic rings. The molecule has 0 saturated carbocycles. The van der Waals surface area contributed by atoms with Crippen LogP contribution >= 0.6 is 23.1 Å². The Bertz CT molecular complexity index is 826. The summed E-state index contributed by atoms with van der Waals surface area (Å²) in [5, 5.41) is 1.87. The fourth-order valence-corrected chi connectivity index (χ4v) is 3.50. The number of ether oxygens (including phenoxy) is 1. The van der Waals surface area contributed by atoms with E-state index in [1.165, 1.54) is 16.9 Å². The molecule has 0 amide bonds. The summed E-state index contributed by atoms with van der Waals surface area (Å²) in [6.45, 7) is 2.70. The van der Waals surface area contributed by atoms with Crippen molar-refractivity contribution in [3.05, 3.63) is 63.5 Å². The summed E-state index contributed by atoms with van der Waals surface area (Å²) in [6, 6.07) is 9.63. The zero-order valence-electron chi connectivity index (χ0n) is 12.2. The van der Waals surface area contributed by atoms with Crippen LogP contribution in [0.1, 0.15) is 11.3 Å². The third-order valence-electron chi connectivity index (χ3n) is 3.09. The predicted molar refractivity (Wildman–Crippen MR) is 92.2 cm³/mol. The van der Waals surface area contributed by atoms with Crippen molar-refractivity contribution in [2.75, 3.05) is 12.4 Å². The van der Waals surface area contributed by atoms with E-state index in [4.69, 9.17) is 4.74 Å². The van der Waals surface area contributed by atoms with Gasteiger partial charge in [-0.3, -0.25) is 9.20 Å². The molecule has 0 radical (unpaired) electrons. The summed E-state index contributed by atoms with van der Waals surface area (Å²) in [4.78, 5) is 17.1. The number of thiazole rings is 1. The van der Waals surface area contributed by atoms with Crippen LogP contribution in [0.2, 0.25) is 0 Å². The Hall–Kier alpha value is -1.79. The van der Waals surface area contributed by atoms with E-state index >= 15 is 0 Å². The highest BCUT2D eigenvalue weighted by Gasteiger charge is 2.03. The second kappa shape index (κ2) is 6.98. The fourth-order valence-electron chi connectivity index (χ4n) is 2.06. The third-order valence-corrected chi connectivity index (χ3v) is 4.80. The van der Waals surface area contributed by atoms with Gasteiger partial charge in [0.1, 0.15) is 5.75 Å². The highest BCUT2D eigenvalue weighted by atomic mass is 32.2. The van der Waals surface area contributed by atoms with Crippen molar-refractivity contribution in [1.82, 2.24) is 9.38 Å². The number of benzene rings is 1. The van der Waals surface area contributed by atoms with Gasteiger partial charge in [0.15, 0.2) is 4.96 Å². The monoisotopic (exact) mass is 332 g/mol. The second-order valence-corrected chi connectivity index (χ2v) is 6.84. The number of fused-ring (bicyclic) bond motifs is 1. The molecular formula is C16H16N2O2S2. The Labute approximate surface area is 136 Å². The molecule has 2 aromatic heterocycles. The lowest BCUT2D eigenvalue weighted by atomic mass is 10.2. The maximum absolute atomic E-state index is 11.9. The van der Waals surface area contributed by atoms with Crippen molar-refractivity contribution in [2.45, 2.75) is 12.7 Å². The maximum Gasteiger partial charge on any atom is 0.258 e. The molecule has 4 nitrogen and oxygen atoms in total. The molecule has 22 heavy (non-hydrogen) atoms. The van der Waals surface area contributed by atoms with Gasteiger partial charge in [-0.2, -0.15) is 11.8 Å². The highest BCUT2D eigenvalue weighted by molar-refractivity contribution is 7.98. The van der Waals surface area contributed by atoms with Crippen LogP contribution < -0.4 is 10.3 Å². The Balaban J connectivity index is 1.49. The summed E-state index contributed by atoms with van der Waals surface area (Å²) in [5.74, 6) is 2.48. The number of nitrogens with zero attached hydrogens (tertiary/aromatic N) is 2. The minimum absolute atomic E-state index is 0.0159. The van der Waals surface area contributed by atoms with E-state index in [-0.39, 0.29) is 5.56 Å². The van der Waals surface area contributed by atoms with E-state index in [0.29, 0.717) is 6.61 Å². The van der Waals surface area contributed by atoms with Crippen molar-refractivity contribution in [1.29, 1.82) is 0 Å². The van der Waals surface area contributed by atoms with Crippen molar-refractivity contribution in [2.24, 2.45) is 0 Å². The van der Waals surface area contributed by atoms with Crippen LogP contribution in [0.5, 0.6) is 5.75 Å². The van der Waals surface area contributed by atoms with Gasteiger partial charge in [0.05, 0.1) is 12.3 Å². The van der Waals surface area contributed by atoms with Crippen molar-refractivity contribution < 1.29 is 4.74 Å². The number of hydrogen-bond acceptors (Lipinski definition) is 5. The SMILES string of the molecule is Cc1cccc(OCCSCc2cc(=O)n3ccsc3n2)c1. The van der Waals surface area contributed by atoms with Crippen LogP contribution in [0.3, 0.4) is 0 Å². The van der Waals surface area contributed by atoms with Crippen LogP contribution in [0, 0.1) is 6.92 Å². The first kappa shape index (κ1) is 15.1. The molecule has 114 valence electrons. The van der Waals surface area contributed by atoms with E-state index in [1.54, 1.807) is 28.4 Å². The van der Waals surface area contributed by atoms with Gasteiger partial charge < -0.3 is 4.74 Å². The van der Waals surface area contributed by atoms with Gasteiger partial charge in [0.25, 0.3) is 5.56 Å². The van der Waals surface area contributed by atoms with Gasteiger partial charge >= 0.3 is 0 Å². The summed E-state index contributed by atoms with van der Waals surface area (Å²) in [7, 11) is 0. The molecule has 0 spiro atoms. The smallest absolute Gasteiger partial charge is 0.258 e. The number of aryl methyl sites for hydroxylation is 1. The maximum atomic E-state index is 11.9. The van der Waals surface area contributed by atoms with Gasteiger partial charge in [0.2, 0.25) is 0 Å². The molecule has 0 saturated heterocycles.